The first-order valence-electron chi connectivity index (χ1n) is 4.90. The molecule has 1 N–H and O–H groups in total. The van der Waals surface area contributed by atoms with Gasteiger partial charge in [-0.05, 0) is 24.8 Å². The number of hydrogen-bond donors (Lipinski definition) is 1. The highest BCUT2D eigenvalue weighted by molar-refractivity contribution is 5.30. The molecule has 0 atom stereocenters. The molecule has 0 bridgehead atoms. The van der Waals surface area contributed by atoms with E-state index in [2.05, 4.69) is 18.2 Å². The van der Waals surface area contributed by atoms with Crippen LogP contribution in [0, 0.1) is 0 Å². The van der Waals surface area contributed by atoms with E-state index in [1.807, 2.05) is 0 Å². The molecule has 0 saturated heterocycles. The maximum absolute atomic E-state index is 10.3. The molecule has 0 spiro atoms. The summed E-state index contributed by atoms with van der Waals surface area (Å²) in [6.45, 7) is 0. The largest absolute Gasteiger partial charge is 0.385 e. The second-order valence-corrected chi connectivity index (χ2v) is 3.92. The van der Waals surface area contributed by atoms with E-state index in [0.717, 1.165) is 19.3 Å². The monoisotopic (exact) mass is 164 g/mol. The summed E-state index contributed by atoms with van der Waals surface area (Å²) >= 11 is 0. The van der Waals surface area contributed by atoms with Crippen LogP contribution in [-0.2, 0) is 0 Å². The van der Waals surface area contributed by atoms with Crippen LogP contribution in [0.5, 0.6) is 0 Å². The Morgan fingerprint density at radius 2 is 1.92 bits per heavy atom. The van der Waals surface area contributed by atoms with E-state index < -0.39 is 5.60 Å². The Hall–Kier alpha value is -0.560. The van der Waals surface area contributed by atoms with Crippen LogP contribution in [0.25, 0.3) is 0 Å². The van der Waals surface area contributed by atoms with Gasteiger partial charge in [0.2, 0.25) is 0 Å². The average Bonchev–Trinajstić information content (AvgIpc) is 2.58. The van der Waals surface area contributed by atoms with E-state index in [-0.39, 0.29) is 0 Å². The third-order valence-electron chi connectivity index (χ3n) is 3.05. The fourth-order valence-electron chi connectivity index (χ4n) is 2.25. The third-order valence-corrected chi connectivity index (χ3v) is 3.05. The maximum atomic E-state index is 10.3. The highest BCUT2D eigenvalue weighted by atomic mass is 16.3. The van der Waals surface area contributed by atoms with E-state index in [9.17, 15) is 5.11 Å². The van der Waals surface area contributed by atoms with Crippen LogP contribution >= 0.6 is 0 Å². The lowest BCUT2D eigenvalue weighted by molar-refractivity contribution is 0.0382. The van der Waals surface area contributed by atoms with Gasteiger partial charge in [-0.1, -0.05) is 37.5 Å². The van der Waals surface area contributed by atoms with Crippen molar-refractivity contribution in [3.8, 4) is 0 Å². The zero-order valence-electron chi connectivity index (χ0n) is 7.42. The Morgan fingerprint density at radius 1 is 1.17 bits per heavy atom. The Labute approximate surface area is 73.8 Å². The standard InChI is InChI=1S/C11H16O/c12-11(8-4-1-5-9-11)10-6-2-3-7-10/h2-3,6,12H,1,4-5,7-9H2. The SMILES string of the molecule is OC1(C2=CC=CC2)CCCCC1. The van der Waals surface area contributed by atoms with Crippen molar-refractivity contribution in [2.45, 2.75) is 44.1 Å². The van der Waals surface area contributed by atoms with Gasteiger partial charge >= 0.3 is 0 Å². The molecule has 2 rings (SSSR count). The van der Waals surface area contributed by atoms with Gasteiger partial charge in [-0.15, -0.1) is 0 Å². The molecule has 0 aliphatic heterocycles. The molecule has 66 valence electrons. The Kier molecular flexibility index (Phi) is 2.05. The number of aliphatic hydroxyl groups is 1. The lowest BCUT2D eigenvalue weighted by Crippen LogP contribution is -2.33. The molecule has 0 aromatic carbocycles. The normalized spacial score (nSPS) is 27.2. The molecule has 0 aromatic heterocycles. The van der Waals surface area contributed by atoms with Gasteiger partial charge in [0.1, 0.15) is 0 Å². The molecule has 0 heterocycles. The van der Waals surface area contributed by atoms with Crippen LogP contribution in [-0.4, -0.2) is 10.7 Å². The van der Waals surface area contributed by atoms with Crippen molar-refractivity contribution in [3.05, 3.63) is 23.8 Å². The van der Waals surface area contributed by atoms with Gasteiger partial charge in [-0.25, -0.2) is 0 Å². The molecule has 1 saturated carbocycles. The van der Waals surface area contributed by atoms with Crippen molar-refractivity contribution in [3.63, 3.8) is 0 Å². The summed E-state index contributed by atoms with van der Waals surface area (Å²) in [5.41, 5.74) is 0.795. The van der Waals surface area contributed by atoms with Crippen molar-refractivity contribution in [1.29, 1.82) is 0 Å². The van der Waals surface area contributed by atoms with Gasteiger partial charge in [-0.3, -0.25) is 0 Å². The van der Waals surface area contributed by atoms with Gasteiger partial charge in [0.15, 0.2) is 0 Å². The van der Waals surface area contributed by atoms with Crippen molar-refractivity contribution < 1.29 is 5.11 Å². The van der Waals surface area contributed by atoms with Crippen LogP contribution in [0.4, 0.5) is 0 Å². The Balaban J connectivity index is 2.08. The lowest BCUT2D eigenvalue weighted by atomic mass is 9.79. The smallest absolute Gasteiger partial charge is 0.0862 e. The molecule has 0 unspecified atom stereocenters. The third kappa shape index (κ3) is 1.34. The van der Waals surface area contributed by atoms with Crippen molar-refractivity contribution in [2.24, 2.45) is 0 Å². The zero-order chi connectivity index (χ0) is 8.44. The van der Waals surface area contributed by atoms with Crippen LogP contribution in [0.3, 0.4) is 0 Å². The molecule has 12 heavy (non-hydrogen) atoms. The van der Waals surface area contributed by atoms with Crippen LogP contribution in [0.15, 0.2) is 23.8 Å². The molecule has 1 fully saturated rings. The summed E-state index contributed by atoms with van der Waals surface area (Å²) in [6.07, 6.45) is 12.9. The summed E-state index contributed by atoms with van der Waals surface area (Å²) in [5.74, 6) is 0. The van der Waals surface area contributed by atoms with Crippen molar-refractivity contribution in [1.82, 2.24) is 0 Å². The minimum Gasteiger partial charge on any atom is -0.385 e. The summed E-state index contributed by atoms with van der Waals surface area (Å²) in [4.78, 5) is 0. The summed E-state index contributed by atoms with van der Waals surface area (Å²) in [7, 11) is 0. The highest BCUT2D eigenvalue weighted by Gasteiger charge is 2.32. The number of allylic oxidation sites excluding steroid dienone is 3. The first kappa shape index (κ1) is 8.06. The predicted octanol–water partition coefficient (Wildman–Crippen LogP) is 2.57. The van der Waals surface area contributed by atoms with Gasteiger partial charge in [-0.2, -0.15) is 0 Å². The fraction of sp³-hybridized carbons (Fsp3) is 0.636. The molecular formula is C11H16O. The molecule has 1 nitrogen and oxygen atoms in total. The van der Waals surface area contributed by atoms with Crippen LogP contribution in [0.2, 0.25) is 0 Å². The highest BCUT2D eigenvalue weighted by Crippen LogP contribution is 2.37. The predicted molar refractivity (Wildman–Crippen MR) is 49.9 cm³/mol. The molecule has 0 radical (unpaired) electrons. The fourth-order valence-corrected chi connectivity index (χ4v) is 2.25. The molecule has 2 aliphatic carbocycles. The van der Waals surface area contributed by atoms with Gasteiger partial charge in [0.05, 0.1) is 5.60 Å². The van der Waals surface area contributed by atoms with E-state index in [1.54, 1.807) is 0 Å². The van der Waals surface area contributed by atoms with Crippen molar-refractivity contribution >= 4 is 0 Å². The quantitative estimate of drug-likeness (QED) is 0.631. The van der Waals surface area contributed by atoms with Gasteiger partial charge < -0.3 is 5.11 Å². The average molecular weight is 164 g/mol. The number of rotatable bonds is 1. The Bertz CT molecular complexity index is 219. The zero-order valence-corrected chi connectivity index (χ0v) is 7.42. The molecule has 2 aliphatic rings. The first-order chi connectivity index (χ1) is 5.81. The van der Waals surface area contributed by atoms with Crippen molar-refractivity contribution in [2.75, 3.05) is 0 Å². The lowest BCUT2D eigenvalue weighted by Gasteiger charge is -2.33. The van der Waals surface area contributed by atoms with E-state index in [1.165, 1.54) is 24.8 Å². The minimum atomic E-state index is -0.443. The second-order valence-electron chi connectivity index (χ2n) is 3.92. The first-order valence-corrected chi connectivity index (χ1v) is 4.90. The van der Waals surface area contributed by atoms with E-state index in [0.29, 0.717) is 0 Å². The number of hydrogen-bond acceptors (Lipinski definition) is 1. The maximum Gasteiger partial charge on any atom is 0.0862 e. The topological polar surface area (TPSA) is 20.2 Å². The van der Waals surface area contributed by atoms with E-state index in [4.69, 9.17) is 0 Å². The van der Waals surface area contributed by atoms with Crippen LogP contribution < -0.4 is 0 Å². The molecule has 0 amide bonds. The minimum absolute atomic E-state index is 0.443. The Morgan fingerprint density at radius 3 is 2.50 bits per heavy atom. The molecule has 0 aromatic rings. The summed E-state index contributed by atoms with van der Waals surface area (Å²) in [5, 5.41) is 10.3. The van der Waals surface area contributed by atoms with Gasteiger partial charge in [0.25, 0.3) is 0 Å². The summed E-state index contributed by atoms with van der Waals surface area (Å²) < 4.78 is 0. The molecule has 1 heteroatoms. The summed E-state index contributed by atoms with van der Waals surface area (Å²) in [6, 6.07) is 0. The second kappa shape index (κ2) is 3.06. The van der Waals surface area contributed by atoms with Gasteiger partial charge in [0, 0.05) is 0 Å². The van der Waals surface area contributed by atoms with Crippen LogP contribution in [0.1, 0.15) is 38.5 Å². The molecular weight excluding hydrogens is 148 g/mol. The van der Waals surface area contributed by atoms with E-state index >= 15 is 0 Å².